The molecule has 1 aromatic rings. The maximum Gasteiger partial charge on any atom is 0.144 e. The van der Waals surface area contributed by atoms with Gasteiger partial charge in [-0.05, 0) is 37.8 Å². The third-order valence-electron chi connectivity index (χ3n) is 2.88. The van der Waals surface area contributed by atoms with E-state index in [-0.39, 0.29) is 0 Å². The van der Waals surface area contributed by atoms with Gasteiger partial charge in [-0.1, -0.05) is 6.92 Å². The minimum Gasteiger partial charge on any atom is -0.369 e. The van der Waals surface area contributed by atoms with E-state index in [1.165, 1.54) is 18.5 Å². The summed E-state index contributed by atoms with van der Waals surface area (Å²) < 4.78 is 0. The van der Waals surface area contributed by atoms with E-state index in [1.54, 1.807) is 0 Å². The molecule has 16 heavy (non-hydrogen) atoms. The van der Waals surface area contributed by atoms with Crippen molar-refractivity contribution in [3.05, 3.63) is 22.9 Å². The monoisotopic (exact) mass is 215 g/mol. The molecule has 0 atom stereocenters. The molecule has 0 saturated heterocycles. The van der Waals surface area contributed by atoms with Gasteiger partial charge in [0.05, 0.1) is 5.56 Å². The van der Waals surface area contributed by atoms with Crippen LogP contribution in [0.3, 0.4) is 0 Å². The lowest BCUT2D eigenvalue weighted by molar-refractivity contribution is 0.943. The molecule has 3 heteroatoms. The highest BCUT2D eigenvalue weighted by molar-refractivity contribution is 5.54. The highest BCUT2D eigenvalue weighted by Crippen LogP contribution is 2.41. The molecular weight excluding hydrogens is 198 g/mol. The second-order valence-electron chi connectivity index (χ2n) is 4.40. The summed E-state index contributed by atoms with van der Waals surface area (Å²) in [5, 5.41) is 12.3. The predicted molar refractivity (Wildman–Crippen MR) is 64.4 cm³/mol. The molecule has 1 fully saturated rings. The van der Waals surface area contributed by atoms with Crippen molar-refractivity contribution in [2.75, 3.05) is 11.9 Å². The van der Waals surface area contributed by atoms with Crippen molar-refractivity contribution in [1.82, 2.24) is 4.98 Å². The van der Waals surface area contributed by atoms with Crippen molar-refractivity contribution in [3.8, 4) is 6.07 Å². The molecule has 3 nitrogen and oxygen atoms in total. The summed E-state index contributed by atoms with van der Waals surface area (Å²) >= 11 is 0. The molecule has 0 aliphatic heterocycles. The van der Waals surface area contributed by atoms with Crippen LogP contribution in [0.2, 0.25) is 0 Å². The molecule has 1 heterocycles. The second kappa shape index (κ2) is 4.52. The van der Waals surface area contributed by atoms with Crippen LogP contribution in [0.5, 0.6) is 0 Å². The molecule has 1 aliphatic carbocycles. The molecule has 0 amide bonds. The van der Waals surface area contributed by atoms with Gasteiger partial charge in [-0.25, -0.2) is 4.98 Å². The molecule has 0 unspecified atom stereocenters. The van der Waals surface area contributed by atoms with Gasteiger partial charge in [0.1, 0.15) is 11.9 Å². The van der Waals surface area contributed by atoms with Gasteiger partial charge in [-0.15, -0.1) is 0 Å². The third-order valence-corrected chi connectivity index (χ3v) is 2.88. The normalized spacial score (nSPS) is 14.6. The number of aryl methyl sites for hydroxylation is 1. The Morgan fingerprint density at radius 1 is 1.56 bits per heavy atom. The lowest BCUT2D eigenvalue weighted by Gasteiger charge is -2.10. The molecule has 0 bridgehead atoms. The van der Waals surface area contributed by atoms with E-state index in [0.29, 0.717) is 11.5 Å². The van der Waals surface area contributed by atoms with Crippen molar-refractivity contribution >= 4 is 5.82 Å². The third kappa shape index (κ3) is 2.16. The number of rotatable bonds is 4. The number of pyridine rings is 1. The summed E-state index contributed by atoms with van der Waals surface area (Å²) in [6.07, 6.45) is 3.53. The topological polar surface area (TPSA) is 48.7 Å². The Morgan fingerprint density at radius 2 is 2.31 bits per heavy atom. The fourth-order valence-electron chi connectivity index (χ4n) is 1.86. The molecule has 0 radical (unpaired) electrons. The Hall–Kier alpha value is -1.56. The molecule has 1 aromatic heterocycles. The van der Waals surface area contributed by atoms with Crippen molar-refractivity contribution < 1.29 is 0 Å². The molecule has 2 rings (SSSR count). The van der Waals surface area contributed by atoms with Gasteiger partial charge in [0.2, 0.25) is 0 Å². The second-order valence-corrected chi connectivity index (χ2v) is 4.40. The van der Waals surface area contributed by atoms with E-state index < -0.39 is 0 Å². The first-order chi connectivity index (χ1) is 7.76. The maximum absolute atomic E-state index is 9.06. The quantitative estimate of drug-likeness (QED) is 0.840. The van der Waals surface area contributed by atoms with E-state index >= 15 is 0 Å². The summed E-state index contributed by atoms with van der Waals surface area (Å²) in [6.45, 7) is 5.02. The van der Waals surface area contributed by atoms with Crippen LogP contribution in [-0.2, 0) is 0 Å². The SMILES string of the molecule is CCCNc1nc(C2CC2)c(C)cc1C#N. The number of hydrogen-bond acceptors (Lipinski definition) is 3. The Labute approximate surface area is 96.5 Å². The number of nitrogens with zero attached hydrogens (tertiary/aromatic N) is 2. The fraction of sp³-hybridized carbons (Fsp3) is 0.538. The Bertz CT molecular complexity index is 428. The van der Waals surface area contributed by atoms with Gasteiger partial charge in [0.15, 0.2) is 0 Å². The average molecular weight is 215 g/mol. The molecule has 0 aromatic carbocycles. The zero-order chi connectivity index (χ0) is 11.5. The smallest absolute Gasteiger partial charge is 0.144 e. The van der Waals surface area contributed by atoms with Crippen LogP contribution < -0.4 is 5.32 Å². The van der Waals surface area contributed by atoms with E-state index in [2.05, 4.69) is 23.3 Å². The average Bonchev–Trinajstić information content (AvgIpc) is 3.10. The number of aromatic nitrogens is 1. The maximum atomic E-state index is 9.06. The van der Waals surface area contributed by atoms with Gasteiger partial charge in [0.25, 0.3) is 0 Å². The summed E-state index contributed by atoms with van der Waals surface area (Å²) in [6, 6.07) is 4.16. The number of nitriles is 1. The molecule has 1 saturated carbocycles. The Kier molecular flexibility index (Phi) is 3.09. The van der Waals surface area contributed by atoms with Gasteiger partial charge < -0.3 is 5.32 Å². The van der Waals surface area contributed by atoms with Crippen LogP contribution in [0.1, 0.15) is 48.9 Å². The van der Waals surface area contributed by atoms with Crippen LogP contribution in [-0.4, -0.2) is 11.5 Å². The summed E-state index contributed by atoms with van der Waals surface area (Å²) in [7, 11) is 0. The molecular formula is C13H17N3. The van der Waals surface area contributed by atoms with Crippen LogP contribution in [0.25, 0.3) is 0 Å². The van der Waals surface area contributed by atoms with E-state index in [0.717, 1.165) is 24.3 Å². The lowest BCUT2D eigenvalue weighted by atomic mass is 10.1. The van der Waals surface area contributed by atoms with Gasteiger partial charge in [-0.2, -0.15) is 5.26 Å². The number of hydrogen-bond donors (Lipinski definition) is 1. The van der Waals surface area contributed by atoms with E-state index in [1.807, 2.05) is 13.0 Å². The lowest BCUT2D eigenvalue weighted by Crippen LogP contribution is -2.06. The van der Waals surface area contributed by atoms with Crippen LogP contribution in [0.4, 0.5) is 5.82 Å². The standard InChI is InChI=1S/C13H17N3/c1-3-6-15-13-11(8-14)7-9(2)12(16-13)10-4-5-10/h7,10H,3-6H2,1-2H3,(H,15,16). The van der Waals surface area contributed by atoms with Gasteiger partial charge in [0, 0.05) is 18.2 Å². The Morgan fingerprint density at radius 3 is 2.88 bits per heavy atom. The summed E-state index contributed by atoms with van der Waals surface area (Å²) in [4.78, 5) is 4.61. The number of anilines is 1. The minimum absolute atomic E-state index is 0.634. The summed E-state index contributed by atoms with van der Waals surface area (Å²) in [5.74, 6) is 1.40. The van der Waals surface area contributed by atoms with Crippen molar-refractivity contribution in [2.45, 2.75) is 39.0 Å². The first-order valence-corrected chi connectivity index (χ1v) is 5.91. The van der Waals surface area contributed by atoms with E-state index in [4.69, 9.17) is 5.26 Å². The van der Waals surface area contributed by atoms with E-state index in [9.17, 15) is 0 Å². The Balaban J connectivity index is 2.32. The summed E-state index contributed by atoms with van der Waals surface area (Å²) in [5.41, 5.74) is 2.99. The van der Waals surface area contributed by atoms with Crippen molar-refractivity contribution in [2.24, 2.45) is 0 Å². The first-order valence-electron chi connectivity index (χ1n) is 5.91. The van der Waals surface area contributed by atoms with Crippen LogP contribution in [0, 0.1) is 18.3 Å². The van der Waals surface area contributed by atoms with Gasteiger partial charge in [-0.3, -0.25) is 0 Å². The molecule has 84 valence electrons. The largest absolute Gasteiger partial charge is 0.369 e. The van der Waals surface area contributed by atoms with Crippen LogP contribution >= 0.6 is 0 Å². The van der Waals surface area contributed by atoms with Gasteiger partial charge >= 0.3 is 0 Å². The zero-order valence-electron chi connectivity index (χ0n) is 9.88. The fourth-order valence-corrected chi connectivity index (χ4v) is 1.86. The molecule has 1 aliphatic rings. The predicted octanol–water partition coefficient (Wildman–Crippen LogP) is 2.96. The zero-order valence-corrected chi connectivity index (χ0v) is 9.88. The van der Waals surface area contributed by atoms with Crippen LogP contribution in [0.15, 0.2) is 6.07 Å². The molecule has 1 N–H and O–H groups in total. The first kappa shape index (κ1) is 10.9. The highest BCUT2D eigenvalue weighted by Gasteiger charge is 2.27. The van der Waals surface area contributed by atoms with Crippen molar-refractivity contribution in [3.63, 3.8) is 0 Å². The molecule has 0 spiro atoms. The van der Waals surface area contributed by atoms with Crippen molar-refractivity contribution in [1.29, 1.82) is 5.26 Å². The number of nitrogens with one attached hydrogen (secondary N) is 1. The highest BCUT2D eigenvalue weighted by atomic mass is 15.0. The minimum atomic E-state index is 0.634.